The molecule has 3 aromatic rings. The number of halogens is 2. The minimum atomic E-state index is -3.73. The Labute approximate surface area is 197 Å². The van der Waals surface area contributed by atoms with Crippen molar-refractivity contribution in [3.05, 3.63) is 81.9 Å². The first kappa shape index (κ1) is 24.5. The smallest absolute Gasteiger partial charge is 0.260 e. The van der Waals surface area contributed by atoms with E-state index >= 15 is 0 Å². The first-order valence-corrected chi connectivity index (χ1v) is 12.2. The molecular weight excluding hydrogens is 467 g/mol. The van der Waals surface area contributed by atoms with Crippen LogP contribution >= 0.6 is 11.6 Å². The lowest BCUT2D eigenvalue weighted by atomic mass is 10.2. The van der Waals surface area contributed by atoms with Crippen molar-refractivity contribution in [2.75, 3.05) is 17.1 Å². The summed E-state index contributed by atoms with van der Waals surface area (Å²) in [4.78, 5) is 12.5. The number of aromatic nitrogens is 1. The van der Waals surface area contributed by atoms with E-state index in [1.807, 2.05) is 19.9 Å². The number of nitrogens with zero attached hydrogens (tertiary/aromatic N) is 3. The summed E-state index contributed by atoms with van der Waals surface area (Å²) in [5.41, 5.74) is 5.97. The molecule has 0 atom stereocenters. The number of carbonyl (C=O) groups excluding carboxylic acids is 1. The van der Waals surface area contributed by atoms with Crippen molar-refractivity contribution in [2.24, 2.45) is 5.10 Å². The molecule has 1 amide bonds. The molecule has 0 saturated carbocycles. The Hall–Kier alpha value is -3.17. The summed E-state index contributed by atoms with van der Waals surface area (Å²) in [6, 6.07) is 13.0. The molecule has 1 heterocycles. The summed E-state index contributed by atoms with van der Waals surface area (Å²) in [5, 5.41) is 4.43. The summed E-state index contributed by atoms with van der Waals surface area (Å²) in [7, 11) is -3.73. The van der Waals surface area contributed by atoms with Crippen molar-refractivity contribution in [3.8, 4) is 5.69 Å². The summed E-state index contributed by atoms with van der Waals surface area (Å²) in [6.45, 7) is 4.92. The van der Waals surface area contributed by atoms with Crippen LogP contribution in [0.5, 0.6) is 0 Å². The Kier molecular flexibility index (Phi) is 7.24. The highest BCUT2D eigenvalue weighted by molar-refractivity contribution is 7.92. The third-order valence-corrected chi connectivity index (χ3v) is 6.43. The Morgan fingerprint density at radius 3 is 2.52 bits per heavy atom. The molecule has 0 saturated heterocycles. The van der Waals surface area contributed by atoms with Crippen molar-refractivity contribution in [1.82, 2.24) is 9.99 Å². The SMILES string of the molecule is Cc1cc(Cl)ccc1N(CC(=O)N/N=C\c1cc(C)n(-c2ccccc2F)c1C)S(C)(=O)=O. The van der Waals surface area contributed by atoms with Crippen LogP contribution in [0, 0.1) is 26.6 Å². The number of carbonyl (C=O) groups is 1. The molecule has 0 aliphatic rings. The van der Waals surface area contributed by atoms with Crippen molar-refractivity contribution in [2.45, 2.75) is 20.8 Å². The number of benzene rings is 2. The molecule has 0 unspecified atom stereocenters. The predicted octanol–water partition coefficient (Wildman–Crippen LogP) is 4.11. The maximum Gasteiger partial charge on any atom is 0.260 e. The molecule has 0 aliphatic carbocycles. The van der Waals surface area contributed by atoms with E-state index in [9.17, 15) is 17.6 Å². The maximum absolute atomic E-state index is 14.2. The Morgan fingerprint density at radius 1 is 1.18 bits per heavy atom. The number of sulfonamides is 1. The van der Waals surface area contributed by atoms with Gasteiger partial charge in [0, 0.05) is 22.0 Å². The number of hydrazone groups is 1. The molecule has 0 aliphatic heterocycles. The molecule has 2 aromatic carbocycles. The first-order valence-electron chi connectivity index (χ1n) is 9.98. The second kappa shape index (κ2) is 9.76. The fraction of sp³-hybridized carbons (Fsp3) is 0.217. The average molecular weight is 491 g/mol. The van der Waals surface area contributed by atoms with Crippen molar-refractivity contribution in [1.29, 1.82) is 0 Å². The summed E-state index contributed by atoms with van der Waals surface area (Å²) in [6.07, 6.45) is 2.46. The van der Waals surface area contributed by atoms with Crippen LogP contribution in [0.1, 0.15) is 22.5 Å². The quantitative estimate of drug-likeness (QED) is 0.399. The van der Waals surface area contributed by atoms with E-state index in [0.29, 0.717) is 27.5 Å². The molecule has 0 spiro atoms. The van der Waals surface area contributed by atoms with Gasteiger partial charge in [-0.3, -0.25) is 9.10 Å². The summed E-state index contributed by atoms with van der Waals surface area (Å²) in [5.74, 6) is -0.969. The Bertz CT molecular complexity index is 1340. The average Bonchev–Trinajstić information content (AvgIpc) is 3.00. The lowest BCUT2D eigenvalue weighted by Gasteiger charge is -2.23. The van der Waals surface area contributed by atoms with Gasteiger partial charge in [-0.15, -0.1) is 0 Å². The summed E-state index contributed by atoms with van der Waals surface area (Å²) >= 11 is 5.95. The number of rotatable bonds is 7. The van der Waals surface area contributed by atoms with Crippen LogP contribution in [0.25, 0.3) is 5.69 Å². The van der Waals surface area contributed by atoms with Gasteiger partial charge in [0.15, 0.2) is 0 Å². The Balaban J connectivity index is 1.77. The van der Waals surface area contributed by atoms with E-state index in [0.717, 1.165) is 21.9 Å². The summed E-state index contributed by atoms with van der Waals surface area (Å²) < 4.78 is 41.6. The van der Waals surface area contributed by atoms with E-state index in [-0.39, 0.29) is 5.82 Å². The normalized spacial score (nSPS) is 11.7. The van der Waals surface area contributed by atoms with E-state index in [1.54, 1.807) is 47.9 Å². The van der Waals surface area contributed by atoms with Gasteiger partial charge in [0.2, 0.25) is 10.0 Å². The van der Waals surface area contributed by atoms with E-state index < -0.39 is 22.5 Å². The molecule has 0 bridgehead atoms. The molecule has 10 heteroatoms. The van der Waals surface area contributed by atoms with E-state index in [2.05, 4.69) is 10.5 Å². The zero-order chi connectivity index (χ0) is 24.3. The molecule has 0 radical (unpaired) electrons. The number of amides is 1. The number of para-hydroxylation sites is 1. The van der Waals surface area contributed by atoms with Crippen LogP contribution < -0.4 is 9.73 Å². The van der Waals surface area contributed by atoms with Gasteiger partial charge in [-0.1, -0.05) is 23.7 Å². The minimum Gasteiger partial charge on any atom is -0.315 e. The van der Waals surface area contributed by atoms with Crippen LogP contribution in [-0.4, -0.2) is 37.9 Å². The number of hydrogen-bond acceptors (Lipinski definition) is 4. The van der Waals surface area contributed by atoms with Crippen LogP contribution in [0.4, 0.5) is 10.1 Å². The molecule has 33 heavy (non-hydrogen) atoms. The first-order chi connectivity index (χ1) is 15.5. The number of hydrogen-bond donors (Lipinski definition) is 1. The number of anilines is 1. The fourth-order valence-corrected chi connectivity index (χ4v) is 4.68. The van der Waals surface area contributed by atoms with Gasteiger partial charge < -0.3 is 4.57 Å². The van der Waals surface area contributed by atoms with Crippen LogP contribution in [0.2, 0.25) is 5.02 Å². The van der Waals surface area contributed by atoms with Crippen molar-refractivity contribution < 1.29 is 17.6 Å². The number of nitrogens with one attached hydrogen (secondary N) is 1. The monoisotopic (exact) mass is 490 g/mol. The topological polar surface area (TPSA) is 83.8 Å². The second-order valence-corrected chi connectivity index (χ2v) is 9.95. The predicted molar refractivity (Wildman–Crippen MR) is 129 cm³/mol. The van der Waals surface area contributed by atoms with Gasteiger partial charge in [0.05, 0.1) is 23.8 Å². The molecule has 1 N–H and O–H groups in total. The highest BCUT2D eigenvalue weighted by Gasteiger charge is 2.22. The molecule has 3 rings (SSSR count). The molecule has 0 fully saturated rings. The van der Waals surface area contributed by atoms with Crippen LogP contribution in [0.3, 0.4) is 0 Å². The standard InChI is InChI=1S/C23H24ClFN4O3S/c1-15-11-19(24)9-10-21(15)28(33(4,31)32)14-23(30)27-26-13-18-12-16(2)29(17(18)3)22-8-6-5-7-20(22)25/h5-13H,14H2,1-4H3,(H,27,30)/b26-13-. The zero-order valence-electron chi connectivity index (χ0n) is 18.6. The largest absolute Gasteiger partial charge is 0.315 e. The second-order valence-electron chi connectivity index (χ2n) is 7.61. The Morgan fingerprint density at radius 2 is 1.88 bits per heavy atom. The van der Waals surface area contributed by atoms with Gasteiger partial charge in [-0.25, -0.2) is 18.2 Å². The van der Waals surface area contributed by atoms with E-state index in [4.69, 9.17) is 11.6 Å². The van der Waals surface area contributed by atoms with Gasteiger partial charge in [-0.2, -0.15) is 5.10 Å². The fourth-order valence-electron chi connectivity index (χ4n) is 3.54. The maximum atomic E-state index is 14.2. The van der Waals surface area contributed by atoms with Crippen LogP contribution in [-0.2, 0) is 14.8 Å². The third-order valence-electron chi connectivity index (χ3n) is 5.07. The lowest BCUT2D eigenvalue weighted by molar-refractivity contribution is -0.119. The minimum absolute atomic E-state index is 0.352. The lowest BCUT2D eigenvalue weighted by Crippen LogP contribution is -2.39. The van der Waals surface area contributed by atoms with Crippen molar-refractivity contribution >= 4 is 39.4 Å². The zero-order valence-corrected chi connectivity index (χ0v) is 20.2. The molecule has 1 aromatic heterocycles. The van der Waals surface area contributed by atoms with Crippen molar-refractivity contribution in [3.63, 3.8) is 0 Å². The molecule has 7 nitrogen and oxygen atoms in total. The number of aryl methyl sites for hydroxylation is 2. The van der Waals surface area contributed by atoms with E-state index in [1.165, 1.54) is 12.3 Å². The molecular formula is C23H24ClFN4O3S. The van der Waals surface area contributed by atoms with Gasteiger partial charge in [0.25, 0.3) is 5.91 Å². The highest BCUT2D eigenvalue weighted by Crippen LogP contribution is 2.25. The van der Waals surface area contributed by atoms with Gasteiger partial charge in [-0.05, 0) is 62.7 Å². The van der Waals surface area contributed by atoms with Gasteiger partial charge >= 0.3 is 0 Å². The highest BCUT2D eigenvalue weighted by atomic mass is 35.5. The third kappa shape index (κ3) is 5.61. The van der Waals surface area contributed by atoms with Crippen LogP contribution in [0.15, 0.2) is 53.6 Å². The van der Waals surface area contributed by atoms with Gasteiger partial charge in [0.1, 0.15) is 12.4 Å². The molecule has 174 valence electrons.